The number of benzene rings is 1. The molecule has 0 saturated carbocycles. The lowest BCUT2D eigenvalue weighted by atomic mass is 9.97. The number of nitrogens with one attached hydrogen (secondary N) is 2. The molecule has 198 valence electrons. The molecule has 2 aliphatic heterocycles. The van der Waals surface area contributed by atoms with Crippen LogP contribution in [0.15, 0.2) is 42.9 Å². The van der Waals surface area contributed by atoms with Gasteiger partial charge in [0.15, 0.2) is 6.29 Å². The van der Waals surface area contributed by atoms with E-state index >= 15 is 0 Å². The number of anilines is 1. The molecule has 0 spiro atoms. The van der Waals surface area contributed by atoms with Crippen molar-refractivity contribution in [3.8, 4) is 0 Å². The van der Waals surface area contributed by atoms with Crippen molar-refractivity contribution < 1.29 is 14.4 Å². The van der Waals surface area contributed by atoms with E-state index in [1.807, 2.05) is 0 Å². The highest BCUT2D eigenvalue weighted by Crippen LogP contribution is 2.23. The van der Waals surface area contributed by atoms with Gasteiger partial charge >= 0.3 is 0 Å². The summed E-state index contributed by atoms with van der Waals surface area (Å²) in [5, 5.41) is 5.05. The van der Waals surface area contributed by atoms with Gasteiger partial charge in [-0.05, 0) is 56.2 Å². The van der Waals surface area contributed by atoms with Crippen LogP contribution >= 0.6 is 0 Å². The number of aryl methyl sites for hydroxylation is 1. The number of rotatable bonds is 10. The summed E-state index contributed by atoms with van der Waals surface area (Å²) >= 11 is 0. The Morgan fingerprint density at radius 3 is 2.70 bits per heavy atom. The van der Waals surface area contributed by atoms with E-state index in [0.717, 1.165) is 71.2 Å². The highest BCUT2D eigenvalue weighted by molar-refractivity contribution is 5.92. The normalized spacial score (nSPS) is 18.8. The van der Waals surface area contributed by atoms with Crippen molar-refractivity contribution in [3.05, 3.63) is 54.0 Å². The molecule has 2 saturated heterocycles. The molecule has 9 nitrogen and oxygen atoms in total. The largest absolute Gasteiger partial charge is 0.350 e. The van der Waals surface area contributed by atoms with Crippen molar-refractivity contribution >= 4 is 22.8 Å². The number of aromatic nitrogens is 3. The van der Waals surface area contributed by atoms with Crippen LogP contribution in [-0.2, 0) is 22.7 Å². The summed E-state index contributed by atoms with van der Waals surface area (Å²) in [6.45, 7) is 7.66. The van der Waals surface area contributed by atoms with Gasteiger partial charge in [0.2, 0.25) is 5.95 Å². The second kappa shape index (κ2) is 12.5. The molecule has 2 aromatic heterocycles. The molecular formula is C28H38N6O3. The molecule has 1 aromatic carbocycles. The molecule has 0 radical (unpaired) electrons. The van der Waals surface area contributed by atoms with Crippen molar-refractivity contribution in [1.29, 1.82) is 0 Å². The van der Waals surface area contributed by atoms with Crippen LogP contribution < -0.4 is 15.7 Å². The molecule has 0 bridgehead atoms. The molecule has 1 unspecified atom stereocenters. The van der Waals surface area contributed by atoms with Gasteiger partial charge in [-0.25, -0.2) is 20.3 Å². The smallest absolute Gasteiger partial charge is 0.278 e. The summed E-state index contributed by atoms with van der Waals surface area (Å²) in [5.74, 6) is 0.941. The fourth-order valence-corrected chi connectivity index (χ4v) is 5.22. The number of carbonyl (C=O) groups is 1. The maximum absolute atomic E-state index is 12.3. The Hall–Kier alpha value is -3.01. The summed E-state index contributed by atoms with van der Waals surface area (Å²) in [6, 6.07) is 8.68. The lowest BCUT2D eigenvalue weighted by Gasteiger charge is -2.32. The van der Waals surface area contributed by atoms with Crippen molar-refractivity contribution in [1.82, 2.24) is 25.3 Å². The number of amides is 1. The first kappa shape index (κ1) is 25.6. The Morgan fingerprint density at radius 2 is 1.95 bits per heavy atom. The second-order valence-corrected chi connectivity index (χ2v) is 10.0. The van der Waals surface area contributed by atoms with Crippen LogP contribution in [0, 0.1) is 5.92 Å². The highest BCUT2D eigenvalue weighted by Gasteiger charge is 2.22. The SMILES string of the molecule is CCCn1cc(CNCC2CCN(c3ncc(C(=O)NOC4CCCCO4)cn3)CC2)c2ccccc21. The van der Waals surface area contributed by atoms with E-state index in [2.05, 4.69) is 67.6 Å². The standard InChI is InChI=1S/C28H38N6O3/c1-2-12-34-20-23(24-7-3-4-8-25(24)34)17-29-16-21-10-13-33(14-11-21)28-30-18-22(19-31-28)27(35)32-37-26-9-5-6-15-36-26/h3-4,7-8,18-21,26,29H,2,5-6,9-17H2,1H3,(H,32,35). The number of fused-ring (bicyclic) bond motifs is 1. The predicted molar refractivity (Wildman–Crippen MR) is 143 cm³/mol. The fourth-order valence-electron chi connectivity index (χ4n) is 5.22. The Balaban J connectivity index is 1.06. The average Bonchev–Trinajstić information content (AvgIpc) is 3.30. The predicted octanol–water partition coefficient (Wildman–Crippen LogP) is 4.04. The number of hydroxylamine groups is 1. The molecule has 2 aliphatic rings. The topological polar surface area (TPSA) is 93.5 Å². The number of para-hydroxylation sites is 1. The first-order valence-electron chi connectivity index (χ1n) is 13.6. The van der Waals surface area contributed by atoms with Crippen LogP contribution in [-0.4, -0.2) is 53.0 Å². The lowest BCUT2D eigenvalue weighted by molar-refractivity contribution is -0.186. The molecule has 1 amide bonds. The Morgan fingerprint density at radius 1 is 1.14 bits per heavy atom. The van der Waals surface area contributed by atoms with Crippen molar-refractivity contribution in [2.75, 3.05) is 31.1 Å². The maximum Gasteiger partial charge on any atom is 0.278 e. The van der Waals surface area contributed by atoms with Gasteiger partial charge < -0.3 is 19.5 Å². The minimum Gasteiger partial charge on any atom is -0.350 e. The quantitative estimate of drug-likeness (QED) is 0.401. The molecule has 1 atom stereocenters. The number of piperidine rings is 1. The second-order valence-electron chi connectivity index (χ2n) is 10.0. The van der Waals surface area contributed by atoms with Crippen molar-refractivity contribution in [2.45, 2.75) is 64.8 Å². The Bertz CT molecular complexity index is 1150. The summed E-state index contributed by atoms with van der Waals surface area (Å²) in [5.41, 5.74) is 5.52. The van der Waals surface area contributed by atoms with E-state index in [1.54, 1.807) is 12.4 Å². The summed E-state index contributed by atoms with van der Waals surface area (Å²) in [7, 11) is 0. The molecule has 0 aliphatic carbocycles. The number of hydrogen-bond acceptors (Lipinski definition) is 7. The summed E-state index contributed by atoms with van der Waals surface area (Å²) in [6.07, 6.45) is 11.2. The molecule has 2 fully saturated rings. The molecular weight excluding hydrogens is 468 g/mol. The number of hydrogen-bond donors (Lipinski definition) is 2. The van der Waals surface area contributed by atoms with Gasteiger partial charge in [-0.15, -0.1) is 0 Å². The first-order valence-corrected chi connectivity index (χ1v) is 13.6. The van der Waals surface area contributed by atoms with Gasteiger partial charge in [-0.1, -0.05) is 25.1 Å². The molecule has 5 rings (SSSR count). The van der Waals surface area contributed by atoms with E-state index in [0.29, 0.717) is 24.0 Å². The number of carbonyl (C=O) groups excluding carboxylic acids is 1. The van der Waals surface area contributed by atoms with E-state index < -0.39 is 0 Å². The third kappa shape index (κ3) is 6.47. The van der Waals surface area contributed by atoms with Crippen molar-refractivity contribution in [3.63, 3.8) is 0 Å². The van der Waals surface area contributed by atoms with Crippen LogP contribution in [0.4, 0.5) is 5.95 Å². The summed E-state index contributed by atoms with van der Waals surface area (Å²) in [4.78, 5) is 28.8. The van der Waals surface area contributed by atoms with Crippen LogP contribution in [0.3, 0.4) is 0 Å². The number of nitrogens with zero attached hydrogens (tertiary/aromatic N) is 4. The fraction of sp³-hybridized carbons (Fsp3) is 0.536. The zero-order valence-corrected chi connectivity index (χ0v) is 21.7. The van der Waals surface area contributed by atoms with Gasteiger partial charge in [0.05, 0.1) is 5.56 Å². The van der Waals surface area contributed by atoms with E-state index in [1.165, 1.54) is 16.5 Å². The molecule has 4 heterocycles. The van der Waals surface area contributed by atoms with Gasteiger partial charge in [-0.2, -0.15) is 0 Å². The Kier molecular flexibility index (Phi) is 8.65. The van der Waals surface area contributed by atoms with E-state index in [4.69, 9.17) is 9.57 Å². The van der Waals surface area contributed by atoms with Crippen LogP contribution in [0.2, 0.25) is 0 Å². The molecule has 2 N–H and O–H groups in total. The van der Waals surface area contributed by atoms with Gasteiger partial charge in [-0.3, -0.25) is 4.79 Å². The van der Waals surface area contributed by atoms with Crippen LogP contribution in [0.25, 0.3) is 10.9 Å². The zero-order chi connectivity index (χ0) is 25.5. The monoisotopic (exact) mass is 506 g/mol. The van der Waals surface area contributed by atoms with E-state index in [9.17, 15) is 4.79 Å². The lowest BCUT2D eigenvalue weighted by Crippen LogP contribution is -2.38. The third-order valence-corrected chi connectivity index (χ3v) is 7.30. The average molecular weight is 507 g/mol. The van der Waals surface area contributed by atoms with Gasteiger partial charge in [0.25, 0.3) is 5.91 Å². The van der Waals surface area contributed by atoms with E-state index in [-0.39, 0.29) is 12.2 Å². The van der Waals surface area contributed by atoms with Gasteiger partial charge in [0, 0.05) is 68.7 Å². The highest BCUT2D eigenvalue weighted by atomic mass is 16.8. The van der Waals surface area contributed by atoms with Crippen LogP contribution in [0.5, 0.6) is 0 Å². The molecule has 3 aromatic rings. The maximum atomic E-state index is 12.3. The zero-order valence-electron chi connectivity index (χ0n) is 21.7. The minimum absolute atomic E-state index is 0.358. The molecule has 37 heavy (non-hydrogen) atoms. The number of ether oxygens (including phenoxy) is 1. The van der Waals surface area contributed by atoms with Crippen LogP contribution in [0.1, 0.15) is 61.4 Å². The van der Waals surface area contributed by atoms with Gasteiger partial charge in [0.1, 0.15) is 0 Å². The molecule has 9 heteroatoms. The third-order valence-electron chi connectivity index (χ3n) is 7.30. The summed E-state index contributed by atoms with van der Waals surface area (Å²) < 4.78 is 7.84. The minimum atomic E-state index is -0.380. The first-order chi connectivity index (χ1) is 18.2. The Labute approximate surface area is 218 Å². The van der Waals surface area contributed by atoms with Crippen molar-refractivity contribution in [2.24, 2.45) is 5.92 Å².